The number of fused-ring (bicyclic) bond motifs is 4. The smallest absolute Gasteiger partial charge is 0.336 e. The topological polar surface area (TPSA) is 54.0 Å². The maximum Gasteiger partial charge on any atom is 0.336 e. The third kappa shape index (κ3) is 2.19. The first-order chi connectivity index (χ1) is 11.0. The highest BCUT2D eigenvalue weighted by atomic mass is 16.8. The van der Waals surface area contributed by atoms with Crippen molar-refractivity contribution in [2.75, 3.05) is 13.7 Å². The zero-order valence-electron chi connectivity index (χ0n) is 13.3. The molecule has 23 heavy (non-hydrogen) atoms. The van der Waals surface area contributed by atoms with Crippen LogP contribution in [0.3, 0.4) is 0 Å². The SMILES string of the molecule is COC(=O)C1=CC2=C(c3ccccc3OC2)[C@H]2OC(C)(C)O[C@@H]12. The van der Waals surface area contributed by atoms with Crippen molar-refractivity contribution in [2.24, 2.45) is 0 Å². The quantitative estimate of drug-likeness (QED) is 0.745. The molecule has 0 unspecified atom stereocenters. The fourth-order valence-electron chi connectivity index (χ4n) is 3.44. The number of methoxy groups -OCH3 is 1. The van der Waals surface area contributed by atoms with Crippen molar-refractivity contribution < 1.29 is 23.7 Å². The Labute approximate surface area is 134 Å². The summed E-state index contributed by atoms with van der Waals surface area (Å²) >= 11 is 0. The van der Waals surface area contributed by atoms with E-state index in [1.807, 2.05) is 44.2 Å². The molecule has 3 aliphatic rings. The summed E-state index contributed by atoms with van der Waals surface area (Å²) in [6.07, 6.45) is 1.01. The second-order valence-corrected chi connectivity index (χ2v) is 6.29. The third-order valence-electron chi connectivity index (χ3n) is 4.34. The normalized spacial score (nSPS) is 27.3. The van der Waals surface area contributed by atoms with E-state index in [0.29, 0.717) is 12.2 Å². The van der Waals surface area contributed by atoms with Crippen molar-refractivity contribution in [1.29, 1.82) is 0 Å². The van der Waals surface area contributed by atoms with Gasteiger partial charge in [-0.3, -0.25) is 0 Å². The van der Waals surface area contributed by atoms with Crippen LogP contribution in [0.1, 0.15) is 19.4 Å². The Balaban J connectivity index is 1.89. The fourth-order valence-corrected chi connectivity index (χ4v) is 3.44. The lowest BCUT2D eigenvalue weighted by atomic mass is 9.82. The molecule has 120 valence electrons. The molecular weight excluding hydrogens is 296 g/mol. The molecular formula is C18H18O5. The van der Waals surface area contributed by atoms with Crippen LogP contribution in [0.15, 0.2) is 41.5 Å². The minimum absolute atomic E-state index is 0.343. The van der Waals surface area contributed by atoms with Crippen LogP contribution < -0.4 is 4.74 Å². The van der Waals surface area contributed by atoms with Gasteiger partial charge in [-0.1, -0.05) is 18.2 Å². The lowest BCUT2D eigenvalue weighted by Gasteiger charge is -2.32. The second kappa shape index (κ2) is 4.94. The van der Waals surface area contributed by atoms with Crippen LogP contribution in [0, 0.1) is 0 Å². The largest absolute Gasteiger partial charge is 0.488 e. The molecule has 1 aliphatic carbocycles. The number of benzene rings is 1. The lowest BCUT2D eigenvalue weighted by Crippen LogP contribution is -2.35. The van der Waals surface area contributed by atoms with Crippen molar-refractivity contribution in [3.8, 4) is 5.75 Å². The van der Waals surface area contributed by atoms with Gasteiger partial charge in [0, 0.05) is 11.1 Å². The van der Waals surface area contributed by atoms with Gasteiger partial charge in [0.25, 0.3) is 0 Å². The predicted octanol–water partition coefficient (Wildman–Crippen LogP) is 2.47. The molecule has 4 rings (SSSR count). The maximum absolute atomic E-state index is 12.2. The molecule has 1 aromatic rings. The average molecular weight is 314 g/mol. The fraction of sp³-hybridized carbons (Fsp3) is 0.389. The Morgan fingerprint density at radius 1 is 1.22 bits per heavy atom. The highest BCUT2D eigenvalue weighted by Gasteiger charge is 2.50. The average Bonchev–Trinajstić information content (AvgIpc) is 2.87. The molecule has 5 nitrogen and oxygen atoms in total. The van der Waals surface area contributed by atoms with Gasteiger partial charge in [0.15, 0.2) is 5.79 Å². The van der Waals surface area contributed by atoms with E-state index in [2.05, 4.69) is 0 Å². The van der Waals surface area contributed by atoms with E-state index in [9.17, 15) is 4.79 Å². The van der Waals surface area contributed by atoms with Crippen molar-refractivity contribution >= 4 is 11.5 Å². The second-order valence-electron chi connectivity index (χ2n) is 6.29. The zero-order chi connectivity index (χ0) is 16.2. The summed E-state index contributed by atoms with van der Waals surface area (Å²) < 4.78 is 22.8. The maximum atomic E-state index is 12.2. The number of hydrogen-bond acceptors (Lipinski definition) is 5. The predicted molar refractivity (Wildman–Crippen MR) is 82.8 cm³/mol. The molecule has 0 aromatic heterocycles. The van der Waals surface area contributed by atoms with Crippen molar-refractivity contribution in [2.45, 2.75) is 31.8 Å². The van der Waals surface area contributed by atoms with Crippen LogP contribution in [0.4, 0.5) is 0 Å². The third-order valence-corrected chi connectivity index (χ3v) is 4.34. The number of carbonyl (C=O) groups is 1. The number of ether oxygens (including phenoxy) is 4. The van der Waals surface area contributed by atoms with Gasteiger partial charge in [-0.15, -0.1) is 0 Å². The summed E-state index contributed by atoms with van der Waals surface area (Å²) in [5.74, 6) is -0.335. The highest BCUT2D eigenvalue weighted by Crippen LogP contribution is 2.47. The van der Waals surface area contributed by atoms with Crippen LogP contribution in [-0.2, 0) is 19.0 Å². The summed E-state index contributed by atoms with van der Waals surface area (Å²) in [5, 5.41) is 0. The molecule has 0 radical (unpaired) electrons. The molecule has 0 N–H and O–H groups in total. The molecule has 5 heteroatoms. The summed E-state index contributed by atoms with van der Waals surface area (Å²) in [7, 11) is 1.37. The van der Waals surface area contributed by atoms with Gasteiger partial charge in [0.1, 0.15) is 24.6 Å². The van der Waals surface area contributed by atoms with E-state index >= 15 is 0 Å². The van der Waals surface area contributed by atoms with Crippen LogP contribution in [0.25, 0.3) is 5.57 Å². The molecule has 0 amide bonds. The van der Waals surface area contributed by atoms with Gasteiger partial charge in [0.05, 0.1) is 12.7 Å². The monoisotopic (exact) mass is 314 g/mol. The first-order valence-electron chi connectivity index (χ1n) is 7.61. The summed E-state index contributed by atoms with van der Waals surface area (Å²) in [6, 6.07) is 7.85. The molecule has 2 heterocycles. The molecule has 1 fully saturated rings. The van der Waals surface area contributed by atoms with Crippen molar-refractivity contribution in [3.63, 3.8) is 0 Å². The summed E-state index contributed by atoms with van der Waals surface area (Å²) in [4.78, 5) is 12.2. The molecule has 1 saturated heterocycles. The Bertz CT molecular complexity index is 744. The van der Waals surface area contributed by atoms with Gasteiger partial charge in [-0.25, -0.2) is 4.79 Å². The Morgan fingerprint density at radius 3 is 2.74 bits per heavy atom. The van der Waals surface area contributed by atoms with E-state index in [4.69, 9.17) is 18.9 Å². The molecule has 1 aromatic carbocycles. The first-order valence-corrected chi connectivity index (χ1v) is 7.61. The van der Waals surface area contributed by atoms with Crippen LogP contribution in [0.5, 0.6) is 5.75 Å². The number of hydrogen-bond donors (Lipinski definition) is 0. The van der Waals surface area contributed by atoms with Gasteiger partial charge in [-0.05, 0) is 31.6 Å². The number of para-hydroxylation sites is 1. The molecule has 0 spiro atoms. The van der Waals surface area contributed by atoms with Crippen molar-refractivity contribution in [1.82, 2.24) is 0 Å². The minimum atomic E-state index is -0.766. The van der Waals surface area contributed by atoms with Crippen LogP contribution in [0.2, 0.25) is 0 Å². The van der Waals surface area contributed by atoms with E-state index in [1.54, 1.807) is 0 Å². The van der Waals surface area contributed by atoms with Crippen LogP contribution in [-0.4, -0.2) is 37.7 Å². The van der Waals surface area contributed by atoms with Gasteiger partial charge in [-0.2, -0.15) is 0 Å². The van der Waals surface area contributed by atoms with Crippen molar-refractivity contribution in [3.05, 3.63) is 47.1 Å². The van der Waals surface area contributed by atoms with E-state index in [0.717, 1.165) is 22.5 Å². The number of carbonyl (C=O) groups excluding carboxylic acids is 1. The Hall–Kier alpha value is -2.11. The Morgan fingerprint density at radius 2 is 1.96 bits per heavy atom. The highest BCUT2D eigenvalue weighted by molar-refractivity contribution is 5.95. The van der Waals surface area contributed by atoms with Gasteiger partial charge in [0.2, 0.25) is 0 Å². The lowest BCUT2D eigenvalue weighted by molar-refractivity contribution is -0.145. The standard InChI is InChI=1S/C18H18O5/c1-18(2)22-15-12(17(19)20-3)8-10-9-21-13-7-5-4-6-11(13)14(10)16(15)23-18/h4-8,15-16H,9H2,1-3H3/t15-,16+/m0/s1. The van der Waals surface area contributed by atoms with E-state index in [1.165, 1.54) is 7.11 Å². The minimum Gasteiger partial charge on any atom is -0.488 e. The summed E-state index contributed by atoms with van der Waals surface area (Å²) in [5.41, 5.74) is 3.44. The zero-order valence-corrected chi connectivity index (χ0v) is 13.3. The molecule has 2 aliphatic heterocycles. The Kier molecular flexibility index (Phi) is 3.11. The molecule has 0 bridgehead atoms. The first kappa shape index (κ1) is 14.5. The summed E-state index contributed by atoms with van der Waals surface area (Å²) in [6.45, 7) is 4.11. The van der Waals surface area contributed by atoms with Gasteiger partial charge < -0.3 is 18.9 Å². The molecule has 0 saturated carbocycles. The molecule has 2 atom stereocenters. The van der Waals surface area contributed by atoms with E-state index < -0.39 is 17.9 Å². The van der Waals surface area contributed by atoms with Crippen LogP contribution >= 0.6 is 0 Å². The number of rotatable bonds is 1. The number of esters is 1. The van der Waals surface area contributed by atoms with Gasteiger partial charge >= 0.3 is 5.97 Å². The van der Waals surface area contributed by atoms with E-state index in [-0.39, 0.29) is 6.10 Å².